The third-order valence-corrected chi connectivity index (χ3v) is 7.42. The Kier molecular flexibility index (Phi) is 6.98. The highest BCUT2D eigenvalue weighted by Gasteiger charge is 2.23. The molecule has 3 aromatic carbocycles. The summed E-state index contributed by atoms with van der Waals surface area (Å²) in [5.74, 6) is 4.61. The molecule has 2 aliphatic rings. The number of nitrogens with one attached hydrogen (secondary N) is 1. The third kappa shape index (κ3) is 5.09. The summed E-state index contributed by atoms with van der Waals surface area (Å²) in [5.41, 5.74) is 2.79. The van der Waals surface area contributed by atoms with E-state index >= 15 is 0 Å². The standard InChI is InChI=1S/C30H32N4O5/c1-35-21-5-7-23-24(15-21)30(33-32-29(23)25-16-22(36-2)6-9-26(25)37-3)31-20-10-12-34(13-11-20)17-19-4-8-27-28(14-19)39-18-38-27/h4-9,14-16,20H,10-13,17-18H2,1-3H3,(H,31,33). The first kappa shape index (κ1) is 25.1. The maximum absolute atomic E-state index is 5.64. The van der Waals surface area contributed by atoms with Crippen molar-refractivity contribution in [3.05, 3.63) is 60.2 Å². The number of anilines is 1. The smallest absolute Gasteiger partial charge is 0.231 e. The molecule has 6 rings (SSSR count). The molecule has 0 amide bonds. The molecule has 0 atom stereocenters. The molecular formula is C30H32N4O5. The number of nitrogens with zero attached hydrogens (tertiary/aromatic N) is 3. The SMILES string of the molecule is COc1ccc(OC)c(-c2nnc(NC3CCN(Cc4ccc5c(c4)OCO5)CC3)c3cc(OC)ccc23)c1. The van der Waals surface area contributed by atoms with Gasteiger partial charge < -0.3 is 29.0 Å². The highest BCUT2D eigenvalue weighted by atomic mass is 16.7. The summed E-state index contributed by atoms with van der Waals surface area (Å²) in [7, 11) is 4.97. The molecule has 0 bridgehead atoms. The largest absolute Gasteiger partial charge is 0.497 e. The van der Waals surface area contributed by atoms with Gasteiger partial charge in [-0.3, -0.25) is 4.90 Å². The molecule has 9 heteroatoms. The first-order chi connectivity index (χ1) is 19.1. The number of hydrogen-bond acceptors (Lipinski definition) is 9. The molecule has 0 aliphatic carbocycles. The van der Waals surface area contributed by atoms with Gasteiger partial charge in [0.15, 0.2) is 17.3 Å². The van der Waals surface area contributed by atoms with Gasteiger partial charge in [0.1, 0.15) is 22.9 Å². The van der Waals surface area contributed by atoms with Crippen molar-refractivity contribution in [2.45, 2.75) is 25.4 Å². The molecule has 0 unspecified atom stereocenters. The summed E-state index contributed by atoms with van der Waals surface area (Å²) >= 11 is 0. The Hall–Kier alpha value is -4.24. The molecule has 1 N–H and O–H groups in total. The lowest BCUT2D eigenvalue weighted by Gasteiger charge is -2.32. The molecular weight excluding hydrogens is 496 g/mol. The number of piperidine rings is 1. The average Bonchev–Trinajstić information content (AvgIpc) is 3.46. The Labute approximate surface area is 227 Å². The van der Waals surface area contributed by atoms with Crippen LogP contribution < -0.4 is 29.0 Å². The molecule has 3 heterocycles. The van der Waals surface area contributed by atoms with E-state index in [4.69, 9.17) is 23.7 Å². The number of rotatable bonds is 8. The topological polar surface area (TPSA) is 87.2 Å². The zero-order chi connectivity index (χ0) is 26.8. The number of benzene rings is 3. The van der Waals surface area contributed by atoms with Crippen LogP contribution >= 0.6 is 0 Å². The first-order valence-electron chi connectivity index (χ1n) is 13.1. The summed E-state index contributed by atoms with van der Waals surface area (Å²) in [6.45, 7) is 3.16. The molecule has 0 saturated carbocycles. The number of fused-ring (bicyclic) bond motifs is 2. The van der Waals surface area contributed by atoms with Crippen molar-refractivity contribution in [1.29, 1.82) is 0 Å². The molecule has 1 aromatic heterocycles. The zero-order valence-electron chi connectivity index (χ0n) is 22.4. The van der Waals surface area contributed by atoms with Crippen molar-refractivity contribution in [1.82, 2.24) is 15.1 Å². The van der Waals surface area contributed by atoms with Crippen LogP contribution in [0.2, 0.25) is 0 Å². The molecule has 0 radical (unpaired) electrons. The predicted molar refractivity (Wildman–Crippen MR) is 149 cm³/mol. The Morgan fingerprint density at radius 3 is 2.38 bits per heavy atom. The number of likely N-dealkylation sites (tertiary alicyclic amines) is 1. The van der Waals surface area contributed by atoms with Gasteiger partial charge in [-0.25, -0.2) is 0 Å². The Morgan fingerprint density at radius 1 is 0.821 bits per heavy atom. The second-order valence-corrected chi connectivity index (χ2v) is 9.76. The molecule has 2 aliphatic heterocycles. The summed E-state index contributed by atoms with van der Waals surface area (Å²) in [4.78, 5) is 2.47. The molecule has 1 fully saturated rings. The second-order valence-electron chi connectivity index (χ2n) is 9.76. The van der Waals surface area contributed by atoms with Crippen molar-refractivity contribution < 1.29 is 23.7 Å². The monoisotopic (exact) mass is 528 g/mol. The van der Waals surface area contributed by atoms with E-state index in [0.717, 1.165) is 83.3 Å². The van der Waals surface area contributed by atoms with E-state index < -0.39 is 0 Å². The van der Waals surface area contributed by atoms with Gasteiger partial charge in [-0.15, -0.1) is 10.2 Å². The van der Waals surface area contributed by atoms with Crippen molar-refractivity contribution in [3.8, 4) is 40.0 Å². The summed E-state index contributed by atoms with van der Waals surface area (Å²) in [6.07, 6.45) is 2.01. The highest BCUT2D eigenvalue weighted by molar-refractivity contribution is 6.01. The lowest BCUT2D eigenvalue weighted by molar-refractivity contribution is 0.173. The van der Waals surface area contributed by atoms with Gasteiger partial charge >= 0.3 is 0 Å². The minimum Gasteiger partial charge on any atom is -0.497 e. The summed E-state index contributed by atoms with van der Waals surface area (Å²) < 4.78 is 27.6. The first-order valence-corrected chi connectivity index (χ1v) is 13.1. The van der Waals surface area contributed by atoms with E-state index in [1.807, 2.05) is 42.5 Å². The molecule has 4 aromatic rings. The van der Waals surface area contributed by atoms with Gasteiger partial charge in [0.2, 0.25) is 6.79 Å². The van der Waals surface area contributed by atoms with Crippen LogP contribution in [-0.4, -0.2) is 62.4 Å². The lowest BCUT2D eigenvalue weighted by Crippen LogP contribution is -2.38. The van der Waals surface area contributed by atoms with Crippen molar-refractivity contribution >= 4 is 16.6 Å². The quantitative estimate of drug-likeness (QED) is 0.334. The van der Waals surface area contributed by atoms with Gasteiger partial charge in [-0.1, -0.05) is 6.07 Å². The van der Waals surface area contributed by atoms with E-state index in [2.05, 4.69) is 32.5 Å². The van der Waals surface area contributed by atoms with Crippen molar-refractivity contribution in [2.75, 3.05) is 46.5 Å². The van der Waals surface area contributed by atoms with Crippen LogP contribution in [0.1, 0.15) is 18.4 Å². The number of aromatic nitrogens is 2. The van der Waals surface area contributed by atoms with E-state index in [9.17, 15) is 0 Å². The Balaban J connectivity index is 1.22. The molecule has 9 nitrogen and oxygen atoms in total. The van der Waals surface area contributed by atoms with Gasteiger partial charge in [0.25, 0.3) is 0 Å². The van der Waals surface area contributed by atoms with E-state index in [0.29, 0.717) is 18.6 Å². The molecule has 1 saturated heterocycles. The van der Waals surface area contributed by atoms with Crippen LogP contribution in [0.4, 0.5) is 5.82 Å². The fourth-order valence-electron chi connectivity index (χ4n) is 5.29. The number of methoxy groups -OCH3 is 3. The van der Waals surface area contributed by atoms with Crippen LogP contribution in [0.25, 0.3) is 22.0 Å². The summed E-state index contributed by atoms with van der Waals surface area (Å²) in [6, 6.07) is 18.1. The van der Waals surface area contributed by atoms with Crippen molar-refractivity contribution in [3.63, 3.8) is 0 Å². The fraction of sp³-hybridized carbons (Fsp3) is 0.333. The number of hydrogen-bond donors (Lipinski definition) is 1. The van der Waals surface area contributed by atoms with Gasteiger partial charge in [0, 0.05) is 42.0 Å². The van der Waals surface area contributed by atoms with E-state index in [1.54, 1.807) is 21.3 Å². The van der Waals surface area contributed by atoms with E-state index in [1.165, 1.54) is 5.56 Å². The van der Waals surface area contributed by atoms with Gasteiger partial charge in [-0.05, 0) is 66.9 Å². The van der Waals surface area contributed by atoms with Gasteiger partial charge in [0.05, 0.1) is 21.3 Å². The van der Waals surface area contributed by atoms with Crippen LogP contribution in [-0.2, 0) is 6.54 Å². The predicted octanol–water partition coefficient (Wildman–Crippen LogP) is 5.13. The minimum atomic E-state index is 0.291. The molecule has 0 spiro atoms. The van der Waals surface area contributed by atoms with Crippen LogP contribution in [0.3, 0.4) is 0 Å². The lowest BCUT2D eigenvalue weighted by atomic mass is 10.0. The van der Waals surface area contributed by atoms with Crippen LogP contribution in [0, 0.1) is 0 Å². The van der Waals surface area contributed by atoms with Gasteiger partial charge in [-0.2, -0.15) is 0 Å². The van der Waals surface area contributed by atoms with Crippen LogP contribution in [0.15, 0.2) is 54.6 Å². The Morgan fingerprint density at radius 2 is 1.59 bits per heavy atom. The summed E-state index contributed by atoms with van der Waals surface area (Å²) in [5, 5.41) is 14.9. The van der Waals surface area contributed by atoms with Crippen molar-refractivity contribution in [2.24, 2.45) is 0 Å². The Bertz CT molecular complexity index is 1490. The fourth-order valence-corrected chi connectivity index (χ4v) is 5.29. The van der Waals surface area contributed by atoms with E-state index in [-0.39, 0.29) is 0 Å². The third-order valence-electron chi connectivity index (χ3n) is 7.42. The molecule has 39 heavy (non-hydrogen) atoms. The normalized spacial score (nSPS) is 15.4. The molecule has 202 valence electrons. The minimum absolute atomic E-state index is 0.291. The highest BCUT2D eigenvalue weighted by Crippen LogP contribution is 2.39. The van der Waals surface area contributed by atoms with Crippen LogP contribution in [0.5, 0.6) is 28.7 Å². The zero-order valence-corrected chi connectivity index (χ0v) is 22.4. The maximum atomic E-state index is 5.64. The average molecular weight is 529 g/mol. The maximum Gasteiger partial charge on any atom is 0.231 e. The number of ether oxygens (including phenoxy) is 5. The second kappa shape index (κ2) is 10.9.